The maximum absolute atomic E-state index is 12.4. The minimum absolute atomic E-state index is 0.0816. The number of amides is 1. The summed E-state index contributed by atoms with van der Waals surface area (Å²) >= 11 is 1.36. The lowest BCUT2D eigenvalue weighted by atomic mass is 10.0. The number of carbonyl (C=O) groups is 1. The highest BCUT2D eigenvalue weighted by atomic mass is 32.1. The van der Waals surface area contributed by atoms with Gasteiger partial charge in [-0.15, -0.1) is 11.3 Å². The number of aryl methyl sites for hydroxylation is 1. The molecule has 1 amide bonds. The minimum Gasteiger partial charge on any atom is -0.344 e. The van der Waals surface area contributed by atoms with Gasteiger partial charge < -0.3 is 5.32 Å². The van der Waals surface area contributed by atoms with Crippen LogP contribution in [0.1, 0.15) is 34.6 Å². The van der Waals surface area contributed by atoms with Gasteiger partial charge in [0.05, 0.1) is 6.04 Å². The molecule has 0 aliphatic rings. The SMILES string of the molecule is Cc1ccccc1[C@H](C)NC(=O)c1csc(-c2ncccn2)n1. The zero-order valence-corrected chi connectivity index (χ0v) is 13.7. The van der Waals surface area contributed by atoms with Crippen molar-refractivity contribution in [1.29, 1.82) is 0 Å². The van der Waals surface area contributed by atoms with Crippen LogP contribution in [-0.4, -0.2) is 20.9 Å². The summed E-state index contributed by atoms with van der Waals surface area (Å²) in [6.07, 6.45) is 3.31. The average molecular weight is 324 g/mol. The van der Waals surface area contributed by atoms with Gasteiger partial charge in [0.1, 0.15) is 5.69 Å². The second kappa shape index (κ2) is 6.66. The third-order valence-corrected chi connectivity index (χ3v) is 4.33. The molecule has 1 atom stereocenters. The van der Waals surface area contributed by atoms with E-state index in [1.165, 1.54) is 11.3 Å². The van der Waals surface area contributed by atoms with Crippen LogP contribution in [0.2, 0.25) is 0 Å². The predicted octanol–water partition coefficient (Wildman–Crippen LogP) is 3.40. The Morgan fingerprint density at radius 3 is 2.65 bits per heavy atom. The zero-order valence-electron chi connectivity index (χ0n) is 12.9. The summed E-state index contributed by atoms with van der Waals surface area (Å²) in [6, 6.07) is 9.67. The van der Waals surface area contributed by atoms with Crippen molar-refractivity contribution in [3.8, 4) is 10.8 Å². The Bertz CT molecular complexity index is 816. The monoisotopic (exact) mass is 324 g/mol. The number of carbonyl (C=O) groups excluding carboxylic acids is 1. The summed E-state index contributed by atoms with van der Waals surface area (Å²) in [7, 11) is 0. The van der Waals surface area contributed by atoms with Crippen LogP contribution in [0.3, 0.4) is 0 Å². The number of nitrogens with one attached hydrogen (secondary N) is 1. The van der Waals surface area contributed by atoms with Gasteiger partial charge in [0, 0.05) is 17.8 Å². The van der Waals surface area contributed by atoms with Gasteiger partial charge in [-0.25, -0.2) is 15.0 Å². The molecule has 0 aliphatic carbocycles. The van der Waals surface area contributed by atoms with Gasteiger partial charge in [-0.1, -0.05) is 24.3 Å². The molecule has 3 rings (SSSR count). The first-order valence-electron chi connectivity index (χ1n) is 7.24. The standard InChI is InChI=1S/C17H16N4OS/c1-11-6-3-4-7-13(11)12(2)20-16(22)14-10-23-17(21-14)15-18-8-5-9-19-15/h3-10,12H,1-2H3,(H,20,22)/t12-/m0/s1. The van der Waals surface area contributed by atoms with E-state index in [0.717, 1.165) is 11.1 Å². The van der Waals surface area contributed by atoms with Crippen LogP contribution in [-0.2, 0) is 0 Å². The summed E-state index contributed by atoms with van der Waals surface area (Å²) in [5.74, 6) is 0.336. The highest BCUT2D eigenvalue weighted by Gasteiger charge is 2.16. The Morgan fingerprint density at radius 1 is 1.17 bits per heavy atom. The van der Waals surface area contributed by atoms with Crippen LogP contribution in [0.15, 0.2) is 48.1 Å². The summed E-state index contributed by atoms with van der Waals surface area (Å²) in [5, 5.41) is 5.35. The van der Waals surface area contributed by atoms with Gasteiger partial charge in [-0.3, -0.25) is 4.79 Å². The topological polar surface area (TPSA) is 67.8 Å². The first-order chi connectivity index (χ1) is 11.1. The van der Waals surface area contributed by atoms with Crippen LogP contribution in [0, 0.1) is 6.92 Å². The van der Waals surface area contributed by atoms with Gasteiger partial charge in [0.15, 0.2) is 10.8 Å². The van der Waals surface area contributed by atoms with Crippen molar-refractivity contribution in [2.75, 3.05) is 0 Å². The molecule has 0 saturated carbocycles. The maximum atomic E-state index is 12.4. The quantitative estimate of drug-likeness (QED) is 0.798. The van der Waals surface area contributed by atoms with E-state index in [1.54, 1.807) is 23.8 Å². The van der Waals surface area contributed by atoms with Crippen LogP contribution in [0.25, 0.3) is 10.8 Å². The highest BCUT2D eigenvalue weighted by molar-refractivity contribution is 7.13. The molecule has 23 heavy (non-hydrogen) atoms. The van der Waals surface area contributed by atoms with E-state index in [4.69, 9.17) is 0 Å². The lowest BCUT2D eigenvalue weighted by Crippen LogP contribution is -2.27. The van der Waals surface area contributed by atoms with Gasteiger partial charge in [0.2, 0.25) is 0 Å². The van der Waals surface area contributed by atoms with E-state index in [9.17, 15) is 4.79 Å². The summed E-state index contributed by atoms with van der Waals surface area (Å²) in [4.78, 5) is 25.0. The fourth-order valence-corrected chi connectivity index (χ4v) is 3.06. The molecular weight excluding hydrogens is 308 g/mol. The second-order valence-corrected chi connectivity index (χ2v) is 6.02. The molecule has 5 nitrogen and oxygen atoms in total. The number of hydrogen-bond donors (Lipinski definition) is 1. The molecular formula is C17H16N4OS. The van der Waals surface area contributed by atoms with Crippen molar-refractivity contribution in [2.24, 2.45) is 0 Å². The number of aromatic nitrogens is 3. The number of hydrogen-bond acceptors (Lipinski definition) is 5. The molecule has 1 aromatic carbocycles. The van der Waals surface area contributed by atoms with Gasteiger partial charge in [0.25, 0.3) is 5.91 Å². The number of benzene rings is 1. The van der Waals surface area contributed by atoms with Crippen molar-refractivity contribution in [1.82, 2.24) is 20.3 Å². The molecule has 0 radical (unpaired) electrons. The van der Waals surface area contributed by atoms with Gasteiger partial charge in [-0.05, 0) is 31.0 Å². The molecule has 0 spiro atoms. The van der Waals surface area contributed by atoms with Crippen LogP contribution in [0.5, 0.6) is 0 Å². The summed E-state index contributed by atoms with van der Waals surface area (Å²) < 4.78 is 0. The first kappa shape index (κ1) is 15.3. The smallest absolute Gasteiger partial charge is 0.271 e. The number of nitrogens with zero attached hydrogens (tertiary/aromatic N) is 3. The number of rotatable bonds is 4. The lowest BCUT2D eigenvalue weighted by molar-refractivity contribution is 0.0935. The molecule has 0 saturated heterocycles. The summed E-state index contributed by atoms with van der Waals surface area (Å²) in [6.45, 7) is 4.00. The van der Waals surface area contributed by atoms with Gasteiger partial charge >= 0.3 is 0 Å². The average Bonchev–Trinajstić information content (AvgIpc) is 3.06. The Kier molecular flexibility index (Phi) is 4.43. The van der Waals surface area contributed by atoms with Crippen molar-refractivity contribution >= 4 is 17.2 Å². The molecule has 116 valence electrons. The molecule has 0 aliphatic heterocycles. The second-order valence-electron chi connectivity index (χ2n) is 5.16. The van der Waals surface area contributed by atoms with Crippen molar-refractivity contribution in [3.05, 3.63) is 64.9 Å². The number of thiazole rings is 1. The molecule has 2 heterocycles. The Morgan fingerprint density at radius 2 is 1.91 bits per heavy atom. The molecule has 3 aromatic rings. The largest absolute Gasteiger partial charge is 0.344 e. The van der Waals surface area contributed by atoms with E-state index in [2.05, 4.69) is 20.3 Å². The van der Waals surface area contributed by atoms with Crippen molar-refractivity contribution in [2.45, 2.75) is 19.9 Å². The molecule has 0 fully saturated rings. The predicted molar refractivity (Wildman–Crippen MR) is 90.2 cm³/mol. The molecule has 0 bridgehead atoms. The molecule has 1 N–H and O–H groups in total. The van der Waals surface area contributed by atoms with Crippen LogP contribution >= 0.6 is 11.3 Å². The fraction of sp³-hybridized carbons (Fsp3) is 0.176. The maximum Gasteiger partial charge on any atom is 0.271 e. The van der Waals surface area contributed by atoms with E-state index < -0.39 is 0 Å². The van der Waals surface area contributed by atoms with Crippen LogP contribution < -0.4 is 5.32 Å². The van der Waals surface area contributed by atoms with E-state index in [0.29, 0.717) is 16.5 Å². The fourth-order valence-electron chi connectivity index (χ4n) is 2.31. The Labute approximate surface area is 138 Å². The molecule has 2 aromatic heterocycles. The van der Waals surface area contributed by atoms with Gasteiger partial charge in [-0.2, -0.15) is 0 Å². The van der Waals surface area contributed by atoms with E-state index in [1.807, 2.05) is 38.1 Å². The van der Waals surface area contributed by atoms with Crippen LogP contribution in [0.4, 0.5) is 0 Å². The zero-order chi connectivity index (χ0) is 16.2. The Hall–Kier alpha value is -2.60. The van der Waals surface area contributed by atoms with E-state index >= 15 is 0 Å². The van der Waals surface area contributed by atoms with Crippen molar-refractivity contribution < 1.29 is 4.79 Å². The Balaban J connectivity index is 1.74. The first-order valence-corrected chi connectivity index (χ1v) is 8.12. The minimum atomic E-state index is -0.195. The normalized spacial score (nSPS) is 11.9. The third-order valence-electron chi connectivity index (χ3n) is 3.50. The molecule has 6 heteroatoms. The summed E-state index contributed by atoms with van der Waals surface area (Å²) in [5.41, 5.74) is 2.64. The lowest BCUT2D eigenvalue weighted by Gasteiger charge is -2.15. The molecule has 0 unspecified atom stereocenters. The van der Waals surface area contributed by atoms with Crippen molar-refractivity contribution in [3.63, 3.8) is 0 Å². The third kappa shape index (κ3) is 3.43. The van der Waals surface area contributed by atoms with E-state index in [-0.39, 0.29) is 11.9 Å². The highest BCUT2D eigenvalue weighted by Crippen LogP contribution is 2.21.